The summed E-state index contributed by atoms with van der Waals surface area (Å²) in [7, 11) is 5.81. The van der Waals surface area contributed by atoms with Gasteiger partial charge in [0.1, 0.15) is 18.2 Å². The molecule has 0 bridgehead atoms. The number of aromatic nitrogens is 2. The number of rotatable bonds is 10. The molecule has 0 radical (unpaired) electrons. The molecule has 5 fully saturated rings. The maximum atomic E-state index is 13.6. The quantitative estimate of drug-likeness (QED) is 0.215. The third-order valence-corrected chi connectivity index (χ3v) is 12.9. The number of likely N-dealkylation sites (N-methyl/N-ethyl adjacent to an activating group) is 2. The lowest BCUT2D eigenvalue weighted by Crippen LogP contribution is -2.72. The largest absolute Gasteiger partial charge is 0.371 e. The van der Waals surface area contributed by atoms with Gasteiger partial charge in [0.15, 0.2) is 0 Å². The van der Waals surface area contributed by atoms with Crippen LogP contribution in [-0.4, -0.2) is 167 Å². The fourth-order valence-corrected chi connectivity index (χ4v) is 9.75. The lowest BCUT2D eigenvalue weighted by molar-refractivity contribution is -0.136. The van der Waals surface area contributed by atoms with Crippen LogP contribution < -0.4 is 26.6 Å². The smallest absolute Gasteiger partial charge is 0.262 e. The summed E-state index contributed by atoms with van der Waals surface area (Å²) in [5.41, 5.74) is 8.15. The number of benzene rings is 1. The highest BCUT2D eigenvalue weighted by Crippen LogP contribution is 2.34. The number of fused-ring (bicyclic) bond motifs is 1. The number of likely N-dealkylation sites (tertiary alicyclic amines) is 2. The highest BCUT2D eigenvalue weighted by molar-refractivity contribution is 6.23. The van der Waals surface area contributed by atoms with Crippen LogP contribution in [-0.2, 0) is 26.2 Å². The van der Waals surface area contributed by atoms with Gasteiger partial charge in [-0.2, -0.15) is 5.10 Å². The molecular weight excluding hydrogens is 733 g/mol. The van der Waals surface area contributed by atoms with Gasteiger partial charge in [0.25, 0.3) is 11.8 Å². The first-order valence-corrected chi connectivity index (χ1v) is 20.2. The summed E-state index contributed by atoms with van der Waals surface area (Å²) in [5, 5.41) is 13.4. The first kappa shape index (κ1) is 38.9. The molecule has 1 aromatic heterocycles. The maximum absolute atomic E-state index is 13.6. The van der Waals surface area contributed by atoms with Crippen molar-refractivity contribution in [2.75, 3.05) is 76.7 Å². The van der Waals surface area contributed by atoms with Gasteiger partial charge in [-0.1, -0.05) is 0 Å². The summed E-state index contributed by atoms with van der Waals surface area (Å²) in [6.45, 7) is 6.60. The van der Waals surface area contributed by atoms with Crippen molar-refractivity contribution < 1.29 is 28.8 Å². The number of carbonyl (C=O) groups is 6. The van der Waals surface area contributed by atoms with Gasteiger partial charge in [0.05, 0.1) is 29.2 Å². The number of piperazine rings is 1. The number of imide groups is 2. The topological polar surface area (TPSA) is 202 Å². The lowest BCUT2D eigenvalue weighted by Gasteiger charge is -2.52. The van der Waals surface area contributed by atoms with E-state index in [1.54, 1.807) is 23.0 Å². The molecule has 6 aliphatic rings. The maximum Gasteiger partial charge on any atom is 0.262 e. The zero-order chi connectivity index (χ0) is 40.1. The molecule has 8 rings (SSSR count). The van der Waals surface area contributed by atoms with Crippen LogP contribution in [0.1, 0.15) is 59.2 Å². The number of primary amides is 1. The Kier molecular flexibility index (Phi) is 10.8. The SMILES string of the molecule is CN1CC(N2CCC[C@@H](NC(=O)C3CCN(CC4CN(c5ccc6c(c5)C(=O)N([C@H]5CCC(=O)NC5=O)C6=O)C4)CC3)C2)N(C)C(Nc2cnn(C)c2)C1C(N)=O. The van der Waals surface area contributed by atoms with Gasteiger partial charge in [0.2, 0.25) is 23.6 Å². The number of anilines is 2. The highest BCUT2D eigenvalue weighted by Gasteiger charge is 2.46. The molecule has 0 aliphatic carbocycles. The van der Waals surface area contributed by atoms with E-state index in [0.717, 1.165) is 87.8 Å². The van der Waals surface area contributed by atoms with E-state index in [4.69, 9.17) is 5.73 Å². The Balaban J connectivity index is 0.789. The van der Waals surface area contributed by atoms with Gasteiger partial charge in [-0.15, -0.1) is 0 Å². The summed E-state index contributed by atoms with van der Waals surface area (Å²) >= 11 is 0. The minimum atomic E-state index is -0.980. The molecule has 5 N–H and O–H groups in total. The van der Waals surface area contributed by atoms with E-state index in [2.05, 4.69) is 40.6 Å². The van der Waals surface area contributed by atoms with Crippen molar-refractivity contribution >= 4 is 46.8 Å². The minimum absolute atomic E-state index is 0.0196. The molecule has 6 amide bonds. The van der Waals surface area contributed by atoms with Gasteiger partial charge >= 0.3 is 0 Å². The first-order chi connectivity index (χ1) is 27.3. The Morgan fingerprint density at radius 2 is 1.68 bits per heavy atom. The van der Waals surface area contributed by atoms with E-state index < -0.39 is 35.7 Å². The number of hydrogen-bond donors (Lipinski definition) is 4. The molecule has 1 aromatic carbocycles. The van der Waals surface area contributed by atoms with E-state index in [0.29, 0.717) is 18.0 Å². The second-order valence-corrected chi connectivity index (χ2v) is 16.8. The summed E-state index contributed by atoms with van der Waals surface area (Å²) in [6.07, 6.45) is 7.03. The molecule has 0 spiro atoms. The molecule has 6 aliphatic heterocycles. The van der Waals surface area contributed by atoms with Crippen molar-refractivity contribution in [3.05, 3.63) is 41.7 Å². The predicted molar refractivity (Wildman–Crippen MR) is 209 cm³/mol. The number of carbonyl (C=O) groups excluding carboxylic acids is 6. The van der Waals surface area contributed by atoms with Crippen LogP contribution in [0.3, 0.4) is 0 Å². The Hall–Kier alpha value is -4.91. The normalized spacial score (nSPS) is 28.6. The van der Waals surface area contributed by atoms with Crippen LogP contribution >= 0.6 is 0 Å². The van der Waals surface area contributed by atoms with Crippen LogP contribution in [0.2, 0.25) is 0 Å². The number of amides is 6. The first-order valence-electron chi connectivity index (χ1n) is 20.2. The second kappa shape index (κ2) is 15.8. The average Bonchev–Trinajstić information content (AvgIpc) is 3.69. The van der Waals surface area contributed by atoms with E-state index in [1.807, 2.05) is 38.3 Å². The number of nitrogens with one attached hydrogen (secondary N) is 3. The molecule has 306 valence electrons. The lowest BCUT2D eigenvalue weighted by atomic mass is 9.92. The van der Waals surface area contributed by atoms with Crippen molar-refractivity contribution in [2.24, 2.45) is 24.6 Å². The van der Waals surface area contributed by atoms with Crippen LogP contribution in [0.25, 0.3) is 0 Å². The summed E-state index contributed by atoms with van der Waals surface area (Å²) in [6, 6.07) is 3.81. The molecule has 57 heavy (non-hydrogen) atoms. The average molecular weight is 787 g/mol. The number of nitrogens with zero attached hydrogens (tertiary/aromatic N) is 8. The Morgan fingerprint density at radius 1 is 0.930 bits per heavy atom. The predicted octanol–water partition coefficient (Wildman–Crippen LogP) is -0.954. The molecule has 5 atom stereocenters. The van der Waals surface area contributed by atoms with Crippen molar-refractivity contribution in [1.29, 1.82) is 0 Å². The number of aryl methyl sites for hydroxylation is 1. The molecule has 0 saturated carbocycles. The summed E-state index contributed by atoms with van der Waals surface area (Å²) in [4.78, 5) is 88.8. The van der Waals surface area contributed by atoms with Gasteiger partial charge in [-0.25, -0.2) is 0 Å². The van der Waals surface area contributed by atoms with Gasteiger partial charge in [-0.05, 0) is 84.0 Å². The monoisotopic (exact) mass is 786 g/mol. The molecule has 2 aromatic rings. The van der Waals surface area contributed by atoms with Crippen molar-refractivity contribution in [3.8, 4) is 0 Å². The molecule has 18 heteroatoms. The Bertz CT molecular complexity index is 1920. The van der Waals surface area contributed by atoms with Crippen molar-refractivity contribution in [1.82, 2.24) is 44.9 Å². The highest BCUT2D eigenvalue weighted by atomic mass is 16.2. The fourth-order valence-electron chi connectivity index (χ4n) is 9.75. The van der Waals surface area contributed by atoms with Crippen LogP contribution in [0, 0.1) is 11.8 Å². The van der Waals surface area contributed by atoms with Gasteiger partial charge in [-0.3, -0.25) is 58.4 Å². The third-order valence-electron chi connectivity index (χ3n) is 12.9. The Labute approximate surface area is 332 Å². The van der Waals surface area contributed by atoms with E-state index in [-0.39, 0.29) is 54.5 Å². The number of nitrogens with two attached hydrogens (primary N) is 1. The Morgan fingerprint density at radius 3 is 2.39 bits per heavy atom. The molecule has 3 unspecified atom stereocenters. The summed E-state index contributed by atoms with van der Waals surface area (Å²) < 4.78 is 1.71. The standard InChI is InChI=1S/C39H54N12O6/c1-45-22-32(47(3)35(33(45)34(40)53)42-26-16-41-46(2)20-26)49-12-4-5-25(21-49)43-36(54)24-10-13-48(14-11-24)17-23-18-50(19-23)27-6-7-28-29(15-27)39(57)51(38(28)56)30-8-9-31(52)44-37(30)55/h6-7,15-16,20,23-25,30,32-33,35,42H,4-5,8-14,17-19,21-22H2,1-3H3,(H2,40,53)(H,43,54)(H,44,52,55)/t25-,30+,32?,33?,35?/m1/s1. The summed E-state index contributed by atoms with van der Waals surface area (Å²) in [5.74, 6) is -1.83. The van der Waals surface area contributed by atoms with Crippen molar-refractivity contribution in [3.63, 3.8) is 0 Å². The van der Waals surface area contributed by atoms with E-state index in [9.17, 15) is 28.8 Å². The molecule has 7 heterocycles. The minimum Gasteiger partial charge on any atom is -0.371 e. The van der Waals surface area contributed by atoms with Crippen LogP contribution in [0.15, 0.2) is 30.6 Å². The number of piperidine rings is 3. The van der Waals surface area contributed by atoms with E-state index >= 15 is 0 Å². The van der Waals surface area contributed by atoms with E-state index in [1.165, 1.54) is 0 Å². The van der Waals surface area contributed by atoms with Crippen molar-refractivity contribution in [2.45, 2.75) is 69.0 Å². The third kappa shape index (κ3) is 7.74. The number of hydrogen-bond acceptors (Lipinski definition) is 13. The fraction of sp³-hybridized carbons (Fsp3) is 0.615. The molecule has 5 saturated heterocycles. The second-order valence-electron chi connectivity index (χ2n) is 16.8. The van der Waals surface area contributed by atoms with Crippen LogP contribution in [0.4, 0.5) is 11.4 Å². The van der Waals surface area contributed by atoms with Crippen LogP contribution in [0.5, 0.6) is 0 Å². The van der Waals surface area contributed by atoms with Gasteiger partial charge < -0.3 is 26.2 Å². The molecular formula is C39H54N12O6. The zero-order valence-electron chi connectivity index (χ0n) is 32.9. The van der Waals surface area contributed by atoms with Gasteiger partial charge in [0, 0.05) is 76.0 Å². The molecule has 18 nitrogen and oxygen atoms in total. The zero-order valence-corrected chi connectivity index (χ0v) is 32.9.